The lowest BCUT2D eigenvalue weighted by molar-refractivity contribution is -0.126. The zero-order chi connectivity index (χ0) is 24.0. The van der Waals surface area contributed by atoms with Crippen LogP contribution in [0.5, 0.6) is 0 Å². The predicted octanol–water partition coefficient (Wildman–Crippen LogP) is 4.18. The highest BCUT2D eigenvalue weighted by molar-refractivity contribution is 7.88. The van der Waals surface area contributed by atoms with Gasteiger partial charge in [-0.3, -0.25) is 9.69 Å². The Kier molecular flexibility index (Phi) is 8.64. The maximum atomic E-state index is 12.9. The lowest BCUT2D eigenvalue weighted by atomic mass is 9.97. The van der Waals surface area contributed by atoms with Crippen molar-refractivity contribution < 1.29 is 13.2 Å². The van der Waals surface area contributed by atoms with Gasteiger partial charge >= 0.3 is 0 Å². The summed E-state index contributed by atoms with van der Waals surface area (Å²) in [6.45, 7) is 4.42. The van der Waals surface area contributed by atoms with Crippen LogP contribution in [-0.4, -0.2) is 49.7 Å². The number of benzene rings is 2. The van der Waals surface area contributed by atoms with E-state index in [0.717, 1.165) is 25.2 Å². The molecule has 0 saturated carbocycles. The second-order valence-electron chi connectivity index (χ2n) is 9.34. The van der Waals surface area contributed by atoms with Crippen LogP contribution in [0.4, 0.5) is 0 Å². The maximum absolute atomic E-state index is 12.9. The molecule has 8 heteroatoms. The predicted molar refractivity (Wildman–Crippen MR) is 136 cm³/mol. The van der Waals surface area contributed by atoms with Crippen molar-refractivity contribution in [1.82, 2.24) is 14.5 Å². The molecule has 0 unspecified atom stereocenters. The minimum Gasteiger partial charge on any atom is -0.352 e. The van der Waals surface area contributed by atoms with Crippen molar-refractivity contribution in [2.45, 2.75) is 50.9 Å². The van der Waals surface area contributed by atoms with Crippen molar-refractivity contribution in [3.63, 3.8) is 0 Å². The summed E-state index contributed by atoms with van der Waals surface area (Å²) in [4.78, 5) is 15.3. The molecule has 0 spiro atoms. The first-order chi connectivity index (χ1) is 16.4. The van der Waals surface area contributed by atoms with Crippen molar-refractivity contribution in [3.05, 3.63) is 70.2 Å². The SMILES string of the molecule is O=C(NCc1ccccc1CN1CCCCC1)C1CCN(S(=O)(=O)Cc2ccccc2Cl)CC1. The van der Waals surface area contributed by atoms with Gasteiger partial charge in [0, 0.05) is 37.1 Å². The zero-order valence-electron chi connectivity index (χ0n) is 19.6. The van der Waals surface area contributed by atoms with Crippen molar-refractivity contribution in [3.8, 4) is 0 Å². The van der Waals surface area contributed by atoms with Gasteiger partial charge in [-0.15, -0.1) is 0 Å². The molecule has 0 aliphatic carbocycles. The molecule has 2 aliphatic rings. The van der Waals surface area contributed by atoms with Gasteiger partial charge in [0.25, 0.3) is 0 Å². The number of hydrogen-bond donors (Lipinski definition) is 1. The molecule has 34 heavy (non-hydrogen) atoms. The average Bonchev–Trinajstić information content (AvgIpc) is 2.85. The molecule has 184 valence electrons. The van der Waals surface area contributed by atoms with Gasteiger partial charge < -0.3 is 5.32 Å². The van der Waals surface area contributed by atoms with Gasteiger partial charge in [-0.05, 0) is 61.5 Å². The average molecular weight is 504 g/mol. The largest absolute Gasteiger partial charge is 0.352 e. The number of sulfonamides is 1. The summed E-state index contributed by atoms with van der Waals surface area (Å²) < 4.78 is 27.2. The second kappa shape index (κ2) is 11.7. The maximum Gasteiger partial charge on any atom is 0.223 e. The second-order valence-corrected chi connectivity index (χ2v) is 11.7. The smallest absolute Gasteiger partial charge is 0.223 e. The summed E-state index contributed by atoms with van der Waals surface area (Å²) in [7, 11) is -3.47. The van der Waals surface area contributed by atoms with Crippen LogP contribution in [0.15, 0.2) is 48.5 Å². The fourth-order valence-electron chi connectivity index (χ4n) is 4.87. The summed E-state index contributed by atoms with van der Waals surface area (Å²) in [5.41, 5.74) is 3.03. The van der Waals surface area contributed by atoms with E-state index in [9.17, 15) is 13.2 Å². The molecule has 2 aliphatic heterocycles. The first-order valence-electron chi connectivity index (χ1n) is 12.2. The van der Waals surface area contributed by atoms with E-state index in [1.54, 1.807) is 24.3 Å². The van der Waals surface area contributed by atoms with Crippen LogP contribution in [0, 0.1) is 5.92 Å². The third-order valence-electron chi connectivity index (χ3n) is 6.93. The molecule has 2 heterocycles. The Hall–Kier alpha value is -1.93. The van der Waals surface area contributed by atoms with Gasteiger partial charge in [-0.1, -0.05) is 60.5 Å². The van der Waals surface area contributed by atoms with Gasteiger partial charge in [-0.25, -0.2) is 12.7 Å². The lowest BCUT2D eigenvalue weighted by Gasteiger charge is -2.31. The van der Waals surface area contributed by atoms with Crippen LogP contribution in [0.2, 0.25) is 5.02 Å². The normalized spacial score (nSPS) is 18.6. The molecule has 2 aromatic carbocycles. The van der Waals surface area contributed by atoms with E-state index in [4.69, 9.17) is 11.6 Å². The van der Waals surface area contributed by atoms with E-state index in [1.165, 1.54) is 29.1 Å². The monoisotopic (exact) mass is 503 g/mol. The van der Waals surface area contributed by atoms with E-state index >= 15 is 0 Å². The molecular weight excluding hydrogens is 470 g/mol. The highest BCUT2D eigenvalue weighted by Gasteiger charge is 2.31. The van der Waals surface area contributed by atoms with E-state index < -0.39 is 10.0 Å². The molecule has 2 saturated heterocycles. The summed E-state index contributed by atoms with van der Waals surface area (Å²) in [5.74, 6) is -0.269. The molecule has 0 aromatic heterocycles. The molecule has 6 nitrogen and oxygen atoms in total. The summed E-state index contributed by atoms with van der Waals surface area (Å²) in [6.07, 6.45) is 4.89. The van der Waals surface area contributed by atoms with E-state index in [2.05, 4.69) is 28.4 Å². The number of rotatable bonds is 8. The number of nitrogens with zero attached hydrogens (tertiary/aromatic N) is 2. The topological polar surface area (TPSA) is 69.7 Å². The zero-order valence-corrected chi connectivity index (χ0v) is 21.2. The highest BCUT2D eigenvalue weighted by atomic mass is 35.5. The number of carbonyl (C=O) groups excluding carboxylic acids is 1. The highest BCUT2D eigenvalue weighted by Crippen LogP contribution is 2.24. The Morgan fingerprint density at radius 3 is 2.18 bits per heavy atom. The van der Waals surface area contributed by atoms with Crippen LogP contribution in [0.3, 0.4) is 0 Å². The third kappa shape index (κ3) is 6.60. The molecule has 2 aromatic rings. The van der Waals surface area contributed by atoms with Gasteiger partial charge in [0.1, 0.15) is 0 Å². The van der Waals surface area contributed by atoms with Crippen LogP contribution in [0.1, 0.15) is 48.8 Å². The minimum absolute atomic E-state index is 0.0101. The summed E-state index contributed by atoms with van der Waals surface area (Å²) in [5, 5.41) is 3.56. The van der Waals surface area contributed by atoms with Gasteiger partial charge in [0.2, 0.25) is 15.9 Å². The Balaban J connectivity index is 1.28. The van der Waals surface area contributed by atoms with Crippen molar-refractivity contribution in [2.75, 3.05) is 26.2 Å². The number of piperidine rings is 2. The van der Waals surface area contributed by atoms with E-state index in [-0.39, 0.29) is 17.6 Å². The van der Waals surface area contributed by atoms with E-state index in [0.29, 0.717) is 43.1 Å². The van der Waals surface area contributed by atoms with Crippen LogP contribution < -0.4 is 5.32 Å². The van der Waals surface area contributed by atoms with Crippen molar-refractivity contribution in [2.24, 2.45) is 5.92 Å². The van der Waals surface area contributed by atoms with Crippen LogP contribution >= 0.6 is 11.6 Å². The third-order valence-corrected chi connectivity index (χ3v) is 9.12. The Morgan fingerprint density at radius 2 is 1.50 bits per heavy atom. The molecule has 4 rings (SSSR count). The van der Waals surface area contributed by atoms with E-state index in [1.807, 2.05) is 6.07 Å². The van der Waals surface area contributed by atoms with Gasteiger partial charge in [-0.2, -0.15) is 0 Å². The number of carbonyl (C=O) groups is 1. The summed E-state index contributed by atoms with van der Waals surface area (Å²) >= 11 is 6.15. The van der Waals surface area contributed by atoms with Gasteiger partial charge in [0.15, 0.2) is 0 Å². The molecular formula is C26H34ClN3O3S. The molecule has 2 fully saturated rings. The quantitative estimate of drug-likeness (QED) is 0.586. The first-order valence-corrected chi connectivity index (χ1v) is 14.2. The van der Waals surface area contributed by atoms with Gasteiger partial charge in [0.05, 0.1) is 5.75 Å². The molecule has 1 amide bonds. The fraction of sp³-hybridized carbons (Fsp3) is 0.500. The van der Waals surface area contributed by atoms with Crippen molar-refractivity contribution in [1.29, 1.82) is 0 Å². The standard InChI is InChI=1S/C26H34ClN3O3S/c27-25-11-5-4-10-24(25)20-34(32,33)30-16-12-21(13-17-30)26(31)28-18-22-8-2-3-9-23(22)19-29-14-6-1-7-15-29/h2-5,8-11,21H,1,6-7,12-20H2,(H,28,31). The minimum atomic E-state index is -3.47. The fourth-order valence-corrected chi connectivity index (χ4v) is 6.74. The Bertz CT molecular complexity index is 1080. The number of hydrogen-bond acceptors (Lipinski definition) is 4. The number of halogens is 1. The molecule has 0 atom stereocenters. The molecule has 1 N–H and O–H groups in total. The lowest BCUT2D eigenvalue weighted by Crippen LogP contribution is -2.43. The Labute approximate surface area is 208 Å². The number of nitrogens with one attached hydrogen (secondary N) is 1. The van der Waals surface area contributed by atoms with Crippen LogP contribution in [-0.2, 0) is 33.7 Å². The molecule has 0 bridgehead atoms. The summed E-state index contributed by atoms with van der Waals surface area (Å²) in [6, 6.07) is 15.3. The van der Waals surface area contributed by atoms with Crippen LogP contribution in [0.25, 0.3) is 0 Å². The first kappa shape index (κ1) is 25.2. The number of amides is 1. The van der Waals surface area contributed by atoms with Crippen molar-refractivity contribution >= 4 is 27.5 Å². The Morgan fingerprint density at radius 1 is 0.882 bits per heavy atom. The number of likely N-dealkylation sites (tertiary alicyclic amines) is 1. The molecule has 0 radical (unpaired) electrons.